The summed E-state index contributed by atoms with van der Waals surface area (Å²) in [6.45, 7) is 2.02. The fourth-order valence-electron chi connectivity index (χ4n) is 8.82. The normalized spacial score (nSPS) is 22.2. The molecule has 0 fully saturated rings. The van der Waals surface area contributed by atoms with E-state index in [1.165, 1.54) is 78.5 Å². The monoisotopic (exact) mass is 590 g/mol. The van der Waals surface area contributed by atoms with Gasteiger partial charge >= 0.3 is 0 Å². The summed E-state index contributed by atoms with van der Waals surface area (Å²) >= 11 is 0. The molecule has 0 aromatic heterocycles. The van der Waals surface area contributed by atoms with Crippen molar-refractivity contribution in [2.75, 3.05) is 22.9 Å². The Hall–Kier alpha value is -5.34. The van der Waals surface area contributed by atoms with Gasteiger partial charge in [0, 0.05) is 47.7 Å². The van der Waals surface area contributed by atoms with E-state index in [1.807, 2.05) is 0 Å². The SMILES string of the molecule is C1=CC2=C(N3CCc4ccccc43)C=C(c3ccccc3)C3=CC=C4C(N5CCc6ccccc65)=CC(c5ccccc5)=C1C4C32. The fraction of sp³-hybridized carbons (Fsp3) is 0.136. The topological polar surface area (TPSA) is 6.48 Å². The van der Waals surface area contributed by atoms with Gasteiger partial charge in [0.1, 0.15) is 0 Å². The van der Waals surface area contributed by atoms with Crippen molar-refractivity contribution in [3.05, 3.63) is 202 Å². The lowest BCUT2D eigenvalue weighted by Crippen LogP contribution is -2.37. The number of allylic oxidation sites excluding steroid dienone is 12. The van der Waals surface area contributed by atoms with E-state index in [1.54, 1.807) is 0 Å². The van der Waals surface area contributed by atoms with E-state index in [4.69, 9.17) is 0 Å². The predicted molar refractivity (Wildman–Crippen MR) is 190 cm³/mol. The van der Waals surface area contributed by atoms with Crippen LogP contribution in [0, 0.1) is 11.8 Å². The lowest BCUT2D eigenvalue weighted by molar-refractivity contribution is 0.553. The molecule has 2 unspecified atom stereocenters. The molecule has 4 aromatic carbocycles. The molecule has 4 aromatic rings. The fourth-order valence-corrected chi connectivity index (χ4v) is 8.82. The number of rotatable bonds is 4. The highest BCUT2D eigenvalue weighted by atomic mass is 15.2. The summed E-state index contributed by atoms with van der Waals surface area (Å²) in [5.74, 6) is 0.478. The van der Waals surface area contributed by atoms with E-state index in [0.717, 1.165) is 25.9 Å². The summed E-state index contributed by atoms with van der Waals surface area (Å²) in [4.78, 5) is 5.19. The molecule has 0 saturated heterocycles. The molecule has 2 aliphatic heterocycles. The van der Waals surface area contributed by atoms with E-state index >= 15 is 0 Å². The molecule has 0 N–H and O–H groups in total. The quantitative estimate of drug-likeness (QED) is 0.234. The Balaban J connectivity index is 1.23. The second-order valence-corrected chi connectivity index (χ2v) is 13.1. The Morgan fingerprint density at radius 3 is 1.80 bits per heavy atom. The van der Waals surface area contributed by atoms with Gasteiger partial charge in [0.05, 0.1) is 0 Å². The van der Waals surface area contributed by atoms with Gasteiger partial charge in [0.25, 0.3) is 0 Å². The first-order chi connectivity index (χ1) is 22.8. The molecule has 6 aliphatic rings. The van der Waals surface area contributed by atoms with E-state index in [-0.39, 0.29) is 11.8 Å². The van der Waals surface area contributed by atoms with Crippen LogP contribution in [0.25, 0.3) is 11.1 Å². The largest absolute Gasteiger partial charge is 0.341 e. The molecule has 2 heteroatoms. The Kier molecular flexibility index (Phi) is 5.69. The van der Waals surface area contributed by atoms with Crippen LogP contribution in [0.5, 0.6) is 0 Å². The van der Waals surface area contributed by atoms with E-state index < -0.39 is 0 Å². The smallest absolute Gasteiger partial charge is 0.0456 e. The van der Waals surface area contributed by atoms with Gasteiger partial charge < -0.3 is 9.80 Å². The Bertz CT molecular complexity index is 2150. The maximum atomic E-state index is 2.59. The number of fused-ring (bicyclic) bond motifs is 2. The number of nitrogens with zero attached hydrogens (tertiary/aromatic N) is 2. The van der Waals surface area contributed by atoms with Crippen LogP contribution in [-0.2, 0) is 12.8 Å². The van der Waals surface area contributed by atoms with Crippen molar-refractivity contribution in [3.63, 3.8) is 0 Å². The third-order valence-electron chi connectivity index (χ3n) is 10.9. The first-order valence-electron chi connectivity index (χ1n) is 16.7. The lowest BCUT2D eigenvalue weighted by atomic mass is 9.60. The average Bonchev–Trinajstić information content (AvgIpc) is 3.76. The van der Waals surface area contributed by atoms with Crippen molar-refractivity contribution in [1.29, 1.82) is 0 Å². The zero-order valence-electron chi connectivity index (χ0n) is 25.7. The van der Waals surface area contributed by atoms with Crippen molar-refractivity contribution < 1.29 is 0 Å². The molecule has 4 aliphatic carbocycles. The minimum atomic E-state index is 0.239. The molecule has 10 rings (SSSR count). The molecule has 0 radical (unpaired) electrons. The molecule has 2 nitrogen and oxygen atoms in total. The minimum Gasteiger partial charge on any atom is -0.341 e. The lowest BCUT2D eigenvalue weighted by Gasteiger charge is -2.46. The van der Waals surface area contributed by atoms with E-state index in [2.05, 4.69) is 155 Å². The van der Waals surface area contributed by atoms with Crippen LogP contribution in [0.4, 0.5) is 11.4 Å². The molecular weight excluding hydrogens is 556 g/mol. The summed E-state index contributed by atoms with van der Waals surface area (Å²) < 4.78 is 0. The zero-order valence-corrected chi connectivity index (χ0v) is 25.7. The molecule has 2 atom stereocenters. The maximum absolute atomic E-state index is 2.59. The molecule has 46 heavy (non-hydrogen) atoms. The first kappa shape index (κ1) is 25.9. The Morgan fingerprint density at radius 2 is 1.07 bits per heavy atom. The van der Waals surface area contributed by atoms with Gasteiger partial charge in [-0.3, -0.25) is 0 Å². The number of anilines is 2. The van der Waals surface area contributed by atoms with E-state index in [9.17, 15) is 0 Å². The van der Waals surface area contributed by atoms with Gasteiger partial charge in [-0.15, -0.1) is 0 Å². The molecule has 0 amide bonds. The Morgan fingerprint density at radius 1 is 0.500 bits per heavy atom. The first-order valence-corrected chi connectivity index (χ1v) is 16.7. The van der Waals surface area contributed by atoms with Crippen molar-refractivity contribution >= 4 is 22.5 Å². The summed E-state index contributed by atoms with van der Waals surface area (Å²) in [6.07, 6.45) is 16.9. The number of benzene rings is 4. The zero-order chi connectivity index (χ0) is 30.2. The van der Waals surface area contributed by atoms with Gasteiger partial charge in [-0.1, -0.05) is 121 Å². The molecule has 2 heterocycles. The summed E-state index contributed by atoms with van der Waals surface area (Å²) in [7, 11) is 0. The number of para-hydroxylation sites is 2. The minimum absolute atomic E-state index is 0.239. The molecular formula is C44H34N2. The molecule has 0 saturated carbocycles. The second-order valence-electron chi connectivity index (χ2n) is 13.1. The van der Waals surface area contributed by atoms with Gasteiger partial charge in [0.2, 0.25) is 0 Å². The van der Waals surface area contributed by atoms with Crippen LogP contribution >= 0.6 is 0 Å². The van der Waals surface area contributed by atoms with E-state index in [0.29, 0.717) is 0 Å². The van der Waals surface area contributed by atoms with Crippen LogP contribution in [0.1, 0.15) is 22.3 Å². The molecule has 220 valence electrons. The number of hydrogen-bond donors (Lipinski definition) is 0. The molecule has 0 spiro atoms. The standard InChI is InChI=1S/C44H34N2/c1-3-11-29(12-4-1)37-27-41(45-25-23-31-15-7-9-17-39(31)45)35-22-20-34-38(30-13-5-2-6-14-30)28-42(36-21-19-33(37)43(35)44(34)36)46-26-24-32-16-8-10-18-40(32)46/h1-22,27-28,43-44H,23-26H2. The van der Waals surface area contributed by atoms with Crippen molar-refractivity contribution in [2.45, 2.75) is 12.8 Å². The van der Waals surface area contributed by atoms with Gasteiger partial charge in [-0.2, -0.15) is 0 Å². The average molecular weight is 591 g/mol. The third kappa shape index (κ3) is 3.77. The summed E-state index contributed by atoms with van der Waals surface area (Å²) in [5.41, 5.74) is 19.3. The van der Waals surface area contributed by atoms with Gasteiger partial charge in [-0.25, -0.2) is 0 Å². The van der Waals surface area contributed by atoms with Crippen molar-refractivity contribution in [1.82, 2.24) is 0 Å². The summed E-state index contributed by atoms with van der Waals surface area (Å²) in [5, 5.41) is 0. The van der Waals surface area contributed by atoms with Crippen LogP contribution in [0.15, 0.2) is 179 Å². The van der Waals surface area contributed by atoms with Crippen LogP contribution < -0.4 is 9.80 Å². The van der Waals surface area contributed by atoms with Gasteiger partial charge in [-0.05, 0) is 92.8 Å². The van der Waals surface area contributed by atoms with Crippen LogP contribution in [0.3, 0.4) is 0 Å². The predicted octanol–water partition coefficient (Wildman–Crippen LogP) is 9.48. The van der Waals surface area contributed by atoms with Gasteiger partial charge in [0.15, 0.2) is 0 Å². The highest BCUT2D eigenvalue weighted by molar-refractivity contribution is 5.92. The third-order valence-corrected chi connectivity index (χ3v) is 10.9. The van der Waals surface area contributed by atoms with Crippen molar-refractivity contribution in [2.24, 2.45) is 11.8 Å². The maximum Gasteiger partial charge on any atom is 0.0456 e. The van der Waals surface area contributed by atoms with Crippen molar-refractivity contribution in [3.8, 4) is 0 Å². The highest BCUT2D eigenvalue weighted by Crippen LogP contribution is 2.58. The summed E-state index contributed by atoms with van der Waals surface area (Å²) in [6, 6.07) is 40.0. The highest BCUT2D eigenvalue weighted by Gasteiger charge is 2.46. The Labute approximate surface area is 271 Å². The van der Waals surface area contributed by atoms with Crippen LogP contribution in [-0.4, -0.2) is 13.1 Å². The second kappa shape index (κ2) is 10.1. The van der Waals surface area contributed by atoms with Crippen LogP contribution in [0.2, 0.25) is 0 Å². The molecule has 0 bridgehead atoms. The number of hydrogen-bond acceptors (Lipinski definition) is 2.